The number of carbonyl (C=O) groups is 1. The van der Waals surface area contributed by atoms with Gasteiger partial charge >= 0.3 is 0 Å². The Morgan fingerprint density at radius 1 is 1.16 bits per heavy atom. The van der Waals surface area contributed by atoms with Crippen LogP contribution in [0.3, 0.4) is 0 Å². The Hall–Kier alpha value is -2.67. The molecule has 1 fully saturated rings. The molecule has 0 radical (unpaired) electrons. The van der Waals surface area contributed by atoms with Crippen LogP contribution in [0.2, 0.25) is 0 Å². The Labute approximate surface area is 182 Å². The van der Waals surface area contributed by atoms with Gasteiger partial charge in [-0.1, -0.05) is 13.0 Å². The lowest BCUT2D eigenvalue weighted by atomic mass is 9.97. The molecule has 5 nitrogen and oxygen atoms in total. The van der Waals surface area contributed by atoms with Gasteiger partial charge in [0.2, 0.25) is 6.41 Å². The van der Waals surface area contributed by atoms with Crippen molar-refractivity contribution >= 4 is 17.8 Å². The first kappa shape index (κ1) is 23.0. The number of hydrogen-bond acceptors (Lipinski definition) is 4. The van der Waals surface area contributed by atoms with Gasteiger partial charge in [0.1, 0.15) is 23.1 Å². The molecule has 0 unspecified atom stereocenters. The maximum absolute atomic E-state index is 14.4. The zero-order valence-electron chi connectivity index (χ0n) is 18.1. The number of benzene rings is 2. The summed E-state index contributed by atoms with van der Waals surface area (Å²) in [6.45, 7) is 6.33. The van der Waals surface area contributed by atoms with E-state index in [4.69, 9.17) is 9.47 Å². The standard InChI is InChI=1S/C24H30F2N2O3/c1-3-17-12-20(25)24(21(26)13-17)28-10-8-18(9-11-28)14-31-23-7-5-6-22(27-16-29)19(23)15-30-4-2/h5-7,12-13,16,18H,3-4,8-11,14-15H2,1-2H3,(H,27,29). The lowest BCUT2D eigenvalue weighted by molar-refractivity contribution is -0.105. The molecule has 0 saturated carbocycles. The predicted molar refractivity (Wildman–Crippen MR) is 118 cm³/mol. The van der Waals surface area contributed by atoms with Crippen molar-refractivity contribution in [3.8, 4) is 5.75 Å². The van der Waals surface area contributed by atoms with Crippen molar-refractivity contribution in [2.45, 2.75) is 39.7 Å². The summed E-state index contributed by atoms with van der Waals surface area (Å²) in [5, 5.41) is 2.69. The van der Waals surface area contributed by atoms with Gasteiger partial charge in [-0.05, 0) is 61.9 Å². The largest absolute Gasteiger partial charge is 0.493 e. The van der Waals surface area contributed by atoms with Crippen molar-refractivity contribution in [1.29, 1.82) is 0 Å². The molecule has 0 aromatic heterocycles. The van der Waals surface area contributed by atoms with E-state index in [0.717, 1.165) is 18.4 Å². The predicted octanol–water partition coefficient (Wildman–Crippen LogP) is 4.93. The van der Waals surface area contributed by atoms with Gasteiger partial charge < -0.3 is 19.7 Å². The zero-order chi connectivity index (χ0) is 22.2. The monoisotopic (exact) mass is 432 g/mol. The Morgan fingerprint density at radius 3 is 2.48 bits per heavy atom. The molecule has 7 heteroatoms. The van der Waals surface area contributed by atoms with Gasteiger partial charge in [-0.15, -0.1) is 0 Å². The molecule has 0 atom stereocenters. The van der Waals surface area contributed by atoms with Gasteiger partial charge in [0.15, 0.2) is 0 Å². The highest BCUT2D eigenvalue weighted by molar-refractivity contribution is 5.74. The first-order valence-corrected chi connectivity index (χ1v) is 10.8. The lowest BCUT2D eigenvalue weighted by Crippen LogP contribution is -2.36. The highest BCUT2D eigenvalue weighted by atomic mass is 19.1. The Morgan fingerprint density at radius 2 is 1.87 bits per heavy atom. The first-order chi connectivity index (χ1) is 15.1. The fraction of sp³-hybridized carbons (Fsp3) is 0.458. The lowest BCUT2D eigenvalue weighted by Gasteiger charge is -2.34. The first-order valence-electron chi connectivity index (χ1n) is 10.8. The number of piperidine rings is 1. The second kappa shape index (κ2) is 11.1. The van der Waals surface area contributed by atoms with Crippen LogP contribution in [0.15, 0.2) is 30.3 Å². The number of aryl methyl sites for hydroxylation is 1. The van der Waals surface area contributed by atoms with Gasteiger partial charge in [0, 0.05) is 30.9 Å². The second-order valence-electron chi connectivity index (χ2n) is 7.68. The topological polar surface area (TPSA) is 50.8 Å². The Kier molecular flexibility index (Phi) is 8.23. The average molecular weight is 433 g/mol. The number of ether oxygens (including phenoxy) is 2. The summed E-state index contributed by atoms with van der Waals surface area (Å²) in [5.74, 6) is -0.0342. The van der Waals surface area contributed by atoms with E-state index in [2.05, 4.69) is 5.32 Å². The van der Waals surface area contributed by atoms with Gasteiger partial charge in [-0.2, -0.15) is 0 Å². The maximum Gasteiger partial charge on any atom is 0.211 e. The Balaban J connectivity index is 1.61. The normalized spacial score (nSPS) is 14.5. The van der Waals surface area contributed by atoms with Crippen LogP contribution >= 0.6 is 0 Å². The van der Waals surface area contributed by atoms with Crippen molar-refractivity contribution in [3.63, 3.8) is 0 Å². The fourth-order valence-corrected chi connectivity index (χ4v) is 3.91. The minimum atomic E-state index is -0.494. The fourth-order valence-electron chi connectivity index (χ4n) is 3.91. The van der Waals surface area contributed by atoms with Crippen LogP contribution in [0, 0.1) is 17.6 Å². The van der Waals surface area contributed by atoms with E-state index in [1.165, 1.54) is 12.1 Å². The minimum Gasteiger partial charge on any atom is -0.493 e. The summed E-state index contributed by atoms with van der Waals surface area (Å²) >= 11 is 0. The SMILES string of the molecule is CCOCc1c(NC=O)cccc1OCC1CCN(c2c(F)cc(CC)cc2F)CC1. The van der Waals surface area contributed by atoms with Gasteiger partial charge in [-0.3, -0.25) is 4.79 Å². The molecule has 168 valence electrons. The number of nitrogens with zero attached hydrogens (tertiary/aromatic N) is 1. The minimum absolute atomic E-state index is 0.0724. The molecule has 0 aliphatic carbocycles. The van der Waals surface area contributed by atoms with Crippen LogP contribution in [-0.4, -0.2) is 32.7 Å². The molecule has 1 N–H and O–H groups in total. The zero-order valence-corrected chi connectivity index (χ0v) is 18.1. The number of rotatable bonds is 10. The van der Waals surface area contributed by atoms with Gasteiger partial charge in [-0.25, -0.2) is 8.78 Å². The molecule has 2 aromatic rings. The quantitative estimate of drug-likeness (QED) is 0.541. The van der Waals surface area contributed by atoms with Crippen LogP contribution in [0.5, 0.6) is 5.75 Å². The number of carbonyl (C=O) groups excluding carboxylic acids is 1. The highest BCUT2D eigenvalue weighted by Gasteiger charge is 2.25. The molecule has 3 rings (SSSR count). The van der Waals surface area contributed by atoms with E-state index < -0.39 is 11.6 Å². The van der Waals surface area contributed by atoms with Crippen molar-refractivity contribution < 1.29 is 23.0 Å². The average Bonchev–Trinajstić information content (AvgIpc) is 2.77. The smallest absolute Gasteiger partial charge is 0.211 e. The van der Waals surface area contributed by atoms with E-state index in [1.54, 1.807) is 11.0 Å². The third-order valence-corrected chi connectivity index (χ3v) is 5.69. The number of halogens is 2. The summed E-state index contributed by atoms with van der Waals surface area (Å²) in [5.41, 5.74) is 2.20. The van der Waals surface area contributed by atoms with Crippen molar-refractivity contribution in [2.75, 3.05) is 36.5 Å². The molecular formula is C24H30F2N2O3. The highest BCUT2D eigenvalue weighted by Crippen LogP contribution is 2.31. The van der Waals surface area contributed by atoms with Crippen molar-refractivity contribution in [2.24, 2.45) is 5.92 Å². The van der Waals surface area contributed by atoms with E-state index in [-0.39, 0.29) is 11.6 Å². The second-order valence-corrected chi connectivity index (χ2v) is 7.68. The third-order valence-electron chi connectivity index (χ3n) is 5.69. The molecule has 0 bridgehead atoms. The van der Waals surface area contributed by atoms with E-state index in [1.807, 2.05) is 26.0 Å². The van der Waals surface area contributed by atoms with Crippen LogP contribution < -0.4 is 15.0 Å². The number of nitrogens with one attached hydrogen (secondary N) is 1. The Bertz CT molecular complexity index is 860. The molecule has 1 heterocycles. The number of amides is 1. The van der Waals surface area contributed by atoms with Gasteiger partial charge in [0.05, 0.1) is 13.2 Å². The molecule has 1 aliphatic rings. The summed E-state index contributed by atoms with van der Waals surface area (Å²) in [6.07, 6.45) is 2.79. The molecule has 2 aromatic carbocycles. The van der Waals surface area contributed by atoms with E-state index >= 15 is 0 Å². The van der Waals surface area contributed by atoms with Crippen LogP contribution in [0.25, 0.3) is 0 Å². The van der Waals surface area contributed by atoms with Gasteiger partial charge in [0.25, 0.3) is 0 Å². The van der Waals surface area contributed by atoms with Crippen molar-refractivity contribution in [1.82, 2.24) is 0 Å². The number of anilines is 2. The molecular weight excluding hydrogens is 402 g/mol. The summed E-state index contributed by atoms with van der Waals surface area (Å²) in [4.78, 5) is 12.7. The molecule has 1 amide bonds. The molecule has 1 aliphatic heterocycles. The van der Waals surface area contributed by atoms with Crippen LogP contribution in [0.1, 0.15) is 37.8 Å². The summed E-state index contributed by atoms with van der Waals surface area (Å²) in [6, 6.07) is 8.34. The summed E-state index contributed by atoms with van der Waals surface area (Å²) < 4.78 is 40.5. The van der Waals surface area contributed by atoms with Crippen LogP contribution in [0.4, 0.5) is 20.2 Å². The maximum atomic E-state index is 14.4. The summed E-state index contributed by atoms with van der Waals surface area (Å²) in [7, 11) is 0. The van der Waals surface area contributed by atoms with E-state index in [9.17, 15) is 13.6 Å². The van der Waals surface area contributed by atoms with E-state index in [0.29, 0.717) is 62.7 Å². The number of hydrogen-bond donors (Lipinski definition) is 1. The molecule has 31 heavy (non-hydrogen) atoms. The third kappa shape index (κ3) is 5.73. The molecule has 1 saturated heterocycles. The van der Waals surface area contributed by atoms with Crippen molar-refractivity contribution in [3.05, 3.63) is 53.1 Å². The van der Waals surface area contributed by atoms with Crippen LogP contribution in [-0.2, 0) is 22.6 Å². The molecule has 0 spiro atoms.